The quantitative estimate of drug-likeness (QED) is 0.635. The average molecular weight is 437 g/mol. The van der Waals surface area contributed by atoms with Crippen molar-refractivity contribution >= 4 is 5.91 Å². The van der Waals surface area contributed by atoms with Gasteiger partial charge in [0.05, 0.1) is 11.5 Å². The van der Waals surface area contributed by atoms with Crippen LogP contribution in [0.2, 0.25) is 0 Å². The van der Waals surface area contributed by atoms with Crippen molar-refractivity contribution in [3.05, 3.63) is 35.4 Å². The summed E-state index contributed by atoms with van der Waals surface area (Å²) in [7, 11) is 0. The molecule has 7 heteroatoms. The lowest BCUT2D eigenvalue weighted by Crippen LogP contribution is -2.44. The van der Waals surface area contributed by atoms with Gasteiger partial charge in [0.25, 0.3) is 5.91 Å². The molecule has 2 aliphatic carbocycles. The van der Waals surface area contributed by atoms with Gasteiger partial charge in [-0.05, 0) is 89.3 Å². The highest BCUT2D eigenvalue weighted by molar-refractivity contribution is 5.95. The van der Waals surface area contributed by atoms with E-state index in [-0.39, 0.29) is 29.0 Å². The van der Waals surface area contributed by atoms with Crippen LogP contribution in [0.25, 0.3) is 0 Å². The fourth-order valence-electron chi connectivity index (χ4n) is 4.63. The van der Waals surface area contributed by atoms with Crippen molar-refractivity contribution in [3.63, 3.8) is 0 Å². The molecule has 0 bridgehead atoms. The summed E-state index contributed by atoms with van der Waals surface area (Å²) < 4.78 is 39.2. The maximum Gasteiger partial charge on any atom is 0.421 e. The van der Waals surface area contributed by atoms with Gasteiger partial charge in [-0.3, -0.25) is 4.79 Å². The number of alkyl halides is 3. The number of nitrogens with zero attached hydrogens (tertiary/aromatic N) is 2. The van der Waals surface area contributed by atoms with Crippen molar-refractivity contribution in [1.29, 1.82) is 5.26 Å². The van der Waals surface area contributed by atoms with Crippen molar-refractivity contribution in [3.8, 4) is 6.07 Å². The summed E-state index contributed by atoms with van der Waals surface area (Å²) in [5.74, 6) is 0.326. The molecule has 2 fully saturated rings. The van der Waals surface area contributed by atoms with Crippen LogP contribution in [0.15, 0.2) is 24.3 Å². The van der Waals surface area contributed by atoms with Gasteiger partial charge in [0.2, 0.25) is 0 Å². The zero-order valence-electron chi connectivity index (χ0n) is 18.4. The molecule has 0 unspecified atom stereocenters. The van der Waals surface area contributed by atoms with E-state index in [2.05, 4.69) is 6.07 Å². The Labute approximate surface area is 182 Å². The second kappa shape index (κ2) is 8.46. The van der Waals surface area contributed by atoms with Gasteiger partial charge in [-0.15, -0.1) is 0 Å². The molecule has 1 amide bonds. The summed E-state index contributed by atoms with van der Waals surface area (Å²) in [4.78, 5) is 15.2. The highest BCUT2D eigenvalue weighted by Crippen LogP contribution is 2.41. The number of rotatable bonds is 6. The van der Waals surface area contributed by atoms with Crippen molar-refractivity contribution in [2.45, 2.75) is 89.6 Å². The molecule has 1 atom stereocenters. The van der Waals surface area contributed by atoms with Gasteiger partial charge in [0.15, 0.2) is 5.60 Å². The topological polar surface area (TPSA) is 64.3 Å². The maximum atomic E-state index is 13.2. The molecule has 1 aromatic carbocycles. The van der Waals surface area contributed by atoms with E-state index in [1.807, 2.05) is 18.7 Å². The first-order chi connectivity index (χ1) is 14.4. The third-order valence-corrected chi connectivity index (χ3v) is 6.73. The number of aliphatic hydroxyl groups is 1. The average Bonchev–Trinajstić information content (AvgIpc) is 3.53. The Morgan fingerprint density at radius 2 is 1.52 bits per heavy atom. The van der Waals surface area contributed by atoms with Gasteiger partial charge in [0, 0.05) is 17.6 Å². The van der Waals surface area contributed by atoms with E-state index in [4.69, 9.17) is 0 Å². The van der Waals surface area contributed by atoms with Crippen molar-refractivity contribution < 1.29 is 23.1 Å². The molecular formula is C24H31F3N2O2. The van der Waals surface area contributed by atoms with Gasteiger partial charge in [0.1, 0.15) is 0 Å². The normalized spacial score (nSPS) is 24.2. The maximum absolute atomic E-state index is 13.2. The smallest absolute Gasteiger partial charge is 0.376 e. The van der Waals surface area contributed by atoms with Crippen LogP contribution in [0.3, 0.4) is 0 Å². The minimum Gasteiger partial charge on any atom is -0.376 e. The van der Waals surface area contributed by atoms with Crippen LogP contribution in [0, 0.1) is 22.7 Å². The van der Waals surface area contributed by atoms with Crippen molar-refractivity contribution in [2.75, 3.05) is 0 Å². The zero-order chi connectivity index (χ0) is 23.0. The van der Waals surface area contributed by atoms with E-state index in [9.17, 15) is 28.3 Å². The molecule has 2 aliphatic rings. The van der Waals surface area contributed by atoms with Gasteiger partial charge < -0.3 is 10.0 Å². The van der Waals surface area contributed by atoms with Crippen LogP contribution >= 0.6 is 0 Å². The molecule has 2 saturated carbocycles. The SMILES string of the molecule is CC(C)(C#N)CC1CCC(N(C(=O)c2ccc([C@](C)(O)C(F)(F)F)cc2)C2CC2)CC1. The third-order valence-electron chi connectivity index (χ3n) is 6.73. The van der Waals surface area contributed by atoms with Crippen LogP contribution < -0.4 is 0 Å². The van der Waals surface area contributed by atoms with E-state index in [1.54, 1.807) is 0 Å². The number of benzene rings is 1. The second-order valence-corrected chi connectivity index (χ2v) is 9.97. The lowest BCUT2D eigenvalue weighted by atomic mass is 9.76. The lowest BCUT2D eigenvalue weighted by Gasteiger charge is -2.38. The Bertz CT molecular complexity index is 828. The minimum atomic E-state index is -4.79. The lowest BCUT2D eigenvalue weighted by molar-refractivity contribution is -0.258. The fourth-order valence-corrected chi connectivity index (χ4v) is 4.63. The standard InChI is InChI=1S/C24H31F3N2O2/c1-22(2,15-28)14-16-4-10-19(11-5-16)29(20-12-13-20)21(30)17-6-8-18(9-7-17)23(3,31)24(25,26)27/h6-9,16,19-20,31H,4-5,10-14H2,1-3H3/t16?,19?,23-/m0/s1. The number of hydrogen-bond acceptors (Lipinski definition) is 3. The molecule has 0 aliphatic heterocycles. The van der Waals surface area contributed by atoms with E-state index >= 15 is 0 Å². The Kier molecular flexibility index (Phi) is 6.44. The number of amides is 1. The number of carbonyl (C=O) groups is 1. The molecule has 31 heavy (non-hydrogen) atoms. The Morgan fingerprint density at radius 3 is 1.94 bits per heavy atom. The van der Waals surface area contributed by atoms with Gasteiger partial charge in [-0.2, -0.15) is 18.4 Å². The summed E-state index contributed by atoms with van der Waals surface area (Å²) in [6.45, 7) is 4.63. The monoisotopic (exact) mass is 436 g/mol. The number of halogens is 3. The Hall–Kier alpha value is -2.07. The van der Waals surface area contributed by atoms with Gasteiger partial charge >= 0.3 is 6.18 Å². The predicted molar refractivity (Wildman–Crippen MR) is 111 cm³/mol. The first-order valence-electron chi connectivity index (χ1n) is 11.0. The largest absolute Gasteiger partial charge is 0.421 e. The van der Waals surface area contributed by atoms with Crippen molar-refractivity contribution in [2.24, 2.45) is 11.3 Å². The minimum absolute atomic E-state index is 0.124. The molecule has 0 aromatic heterocycles. The number of carbonyl (C=O) groups excluding carboxylic acids is 1. The van der Waals surface area contributed by atoms with Gasteiger partial charge in [-0.1, -0.05) is 12.1 Å². The fraction of sp³-hybridized carbons (Fsp3) is 0.667. The van der Waals surface area contributed by atoms with Crippen LogP contribution in [0.5, 0.6) is 0 Å². The molecule has 0 heterocycles. The Balaban J connectivity index is 1.69. The molecule has 1 aromatic rings. The summed E-state index contributed by atoms with van der Waals surface area (Å²) in [6, 6.07) is 7.82. The van der Waals surface area contributed by atoms with E-state index in [0.29, 0.717) is 18.4 Å². The Morgan fingerprint density at radius 1 is 1.03 bits per heavy atom. The first-order valence-corrected chi connectivity index (χ1v) is 11.0. The van der Waals surface area contributed by atoms with Crippen LogP contribution in [0.4, 0.5) is 13.2 Å². The highest BCUT2D eigenvalue weighted by atomic mass is 19.4. The summed E-state index contributed by atoms with van der Waals surface area (Å²) in [5.41, 5.74) is -3.24. The summed E-state index contributed by atoms with van der Waals surface area (Å²) in [6.07, 6.45) is 1.68. The number of nitriles is 1. The third kappa shape index (κ3) is 5.23. The van der Waals surface area contributed by atoms with E-state index < -0.39 is 11.8 Å². The molecule has 0 spiro atoms. The van der Waals surface area contributed by atoms with Crippen LogP contribution in [-0.4, -0.2) is 34.2 Å². The molecule has 0 radical (unpaired) electrons. The first kappa shape index (κ1) is 23.6. The molecule has 0 saturated heterocycles. The molecule has 170 valence electrons. The number of hydrogen-bond donors (Lipinski definition) is 1. The van der Waals surface area contributed by atoms with Crippen LogP contribution in [0.1, 0.15) is 81.6 Å². The molecule has 4 nitrogen and oxygen atoms in total. The zero-order valence-corrected chi connectivity index (χ0v) is 18.4. The molecule has 1 N–H and O–H groups in total. The molecule has 3 rings (SSSR count). The summed E-state index contributed by atoms with van der Waals surface area (Å²) >= 11 is 0. The highest BCUT2D eigenvalue weighted by Gasteiger charge is 2.51. The van der Waals surface area contributed by atoms with Crippen molar-refractivity contribution in [1.82, 2.24) is 4.90 Å². The predicted octanol–water partition coefficient (Wildman–Crippen LogP) is 5.56. The van der Waals surface area contributed by atoms with E-state index in [1.165, 1.54) is 24.3 Å². The van der Waals surface area contributed by atoms with Gasteiger partial charge in [-0.25, -0.2) is 0 Å². The van der Waals surface area contributed by atoms with E-state index in [0.717, 1.165) is 44.9 Å². The summed E-state index contributed by atoms with van der Waals surface area (Å²) in [5, 5.41) is 19.1. The second-order valence-electron chi connectivity index (χ2n) is 9.97. The van der Waals surface area contributed by atoms with Crippen LogP contribution in [-0.2, 0) is 5.60 Å². The molecular weight excluding hydrogens is 405 g/mol.